The molecule has 2 unspecified atom stereocenters. The van der Waals surface area contributed by atoms with Gasteiger partial charge in [0.05, 0.1) is 6.04 Å². The lowest BCUT2D eigenvalue weighted by Crippen LogP contribution is -2.39. The molecule has 0 amide bonds. The molecule has 1 aromatic carbocycles. The standard InChI is InChI=1S/C15H21ClN2O/c1-11(18-8-7-14(10-18)17(2)3)15(19)12-5-4-6-13(16)9-12/h4-6,9,11,14H,7-8,10H2,1-3H3. The predicted octanol–water partition coefficient (Wildman–Crippen LogP) is 2.55. The topological polar surface area (TPSA) is 23.6 Å². The third-order valence-corrected chi connectivity index (χ3v) is 4.20. The molecular weight excluding hydrogens is 260 g/mol. The molecule has 1 aliphatic heterocycles. The van der Waals surface area contributed by atoms with Crippen molar-refractivity contribution in [1.82, 2.24) is 9.80 Å². The molecule has 1 fully saturated rings. The highest BCUT2D eigenvalue weighted by molar-refractivity contribution is 6.31. The maximum absolute atomic E-state index is 12.4. The fourth-order valence-corrected chi connectivity index (χ4v) is 2.78. The van der Waals surface area contributed by atoms with E-state index in [2.05, 4.69) is 23.9 Å². The summed E-state index contributed by atoms with van der Waals surface area (Å²) in [5.41, 5.74) is 0.702. The van der Waals surface area contributed by atoms with Crippen molar-refractivity contribution in [3.8, 4) is 0 Å². The quantitative estimate of drug-likeness (QED) is 0.792. The van der Waals surface area contributed by atoms with Gasteiger partial charge in [0.2, 0.25) is 0 Å². The van der Waals surface area contributed by atoms with Gasteiger partial charge in [0.1, 0.15) is 0 Å². The van der Waals surface area contributed by atoms with E-state index in [9.17, 15) is 4.79 Å². The van der Waals surface area contributed by atoms with E-state index in [4.69, 9.17) is 11.6 Å². The highest BCUT2D eigenvalue weighted by atomic mass is 35.5. The van der Waals surface area contributed by atoms with Gasteiger partial charge in [-0.1, -0.05) is 23.7 Å². The molecule has 3 nitrogen and oxygen atoms in total. The Morgan fingerprint density at radius 1 is 1.47 bits per heavy atom. The number of ketones is 1. The minimum absolute atomic E-state index is 0.0802. The number of rotatable bonds is 4. The second kappa shape index (κ2) is 6.04. The number of benzene rings is 1. The van der Waals surface area contributed by atoms with Gasteiger partial charge in [-0.05, 0) is 39.6 Å². The van der Waals surface area contributed by atoms with E-state index in [1.54, 1.807) is 12.1 Å². The Morgan fingerprint density at radius 3 is 2.79 bits per heavy atom. The van der Waals surface area contributed by atoms with Crippen molar-refractivity contribution in [2.75, 3.05) is 27.2 Å². The normalized spacial score (nSPS) is 21.8. The van der Waals surface area contributed by atoms with Crippen LogP contribution in [0.15, 0.2) is 24.3 Å². The molecule has 0 radical (unpaired) electrons. The van der Waals surface area contributed by atoms with Gasteiger partial charge in [-0.15, -0.1) is 0 Å². The van der Waals surface area contributed by atoms with Crippen LogP contribution in [-0.2, 0) is 0 Å². The Kier molecular flexibility index (Phi) is 4.61. The lowest BCUT2D eigenvalue weighted by molar-refractivity contribution is 0.0859. The number of halogens is 1. The number of carbonyl (C=O) groups excluding carboxylic acids is 1. The van der Waals surface area contributed by atoms with Crippen LogP contribution in [0.5, 0.6) is 0 Å². The third-order valence-electron chi connectivity index (χ3n) is 3.96. The lowest BCUT2D eigenvalue weighted by atomic mass is 10.0. The second-order valence-electron chi connectivity index (χ2n) is 5.45. The Morgan fingerprint density at radius 2 is 2.21 bits per heavy atom. The summed E-state index contributed by atoms with van der Waals surface area (Å²) in [6, 6.07) is 7.68. The van der Waals surface area contributed by atoms with E-state index in [0.717, 1.165) is 19.5 Å². The Labute approximate surface area is 120 Å². The summed E-state index contributed by atoms with van der Waals surface area (Å²) in [6.45, 7) is 3.93. The van der Waals surface area contributed by atoms with E-state index >= 15 is 0 Å². The van der Waals surface area contributed by atoms with E-state index in [1.165, 1.54) is 0 Å². The zero-order chi connectivity index (χ0) is 14.0. The molecule has 0 aliphatic carbocycles. The van der Waals surface area contributed by atoms with E-state index in [1.807, 2.05) is 19.1 Å². The van der Waals surface area contributed by atoms with Gasteiger partial charge in [0, 0.05) is 29.7 Å². The summed E-state index contributed by atoms with van der Waals surface area (Å²) in [6.07, 6.45) is 1.13. The summed E-state index contributed by atoms with van der Waals surface area (Å²) >= 11 is 5.95. The number of likely N-dealkylation sites (tertiary alicyclic amines) is 1. The molecule has 0 N–H and O–H groups in total. The molecular formula is C15H21ClN2O. The number of hydrogen-bond donors (Lipinski definition) is 0. The van der Waals surface area contributed by atoms with Crippen molar-refractivity contribution in [2.24, 2.45) is 0 Å². The summed E-state index contributed by atoms with van der Waals surface area (Å²) in [7, 11) is 4.19. The van der Waals surface area contributed by atoms with Crippen LogP contribution in [-0.4, -0.2) is 54.9 Å². The number of likely N-dealkylation sites (N-methyl/N-ethyl adjacent to an activating group) is 1. The second-order valence-corrected chi connectivity index (χ2v) is 5.89. The summed E-state index contributed by atoms with van der Waals surface area (Å²) in [5.74, 6) is 0.155. The maximum atomic E-state index is 12.4. The van der Waals surface area contributed by atoms with Crippen molar-refractivity contribution >= 4 is 17.4 Å². The van der Waals surface area contributed by atoms with Gasteiger partial charge in [-0.3, -0.25) is 9.69 Å². The smallest absolute Gasteiger partial charge is 0.179 e. The van der Waals surface area contributed by atoms with Gasteiger partial charge in [-0.25, -0.2) is 0 Å². The van der Waals surface area contributed by atoms with Crippen LogP contribution in [0.25, 0.3) is 0 Å². The molecule has 1 aromatic rings. The van der Waals surface area contributed by atoms with Crippen molar-refractivity contribution in [3.63, 3.8) is 0 Å². The first-order valence-electron chi connectivity index (χ1n) is 6.69. The van der Waals surface area contributed by atoms with Gasteiger partial charge >= 0.3 is 0 Å². The van der Waals surface area contributed by atoms with Crippen LogP contribution in [0, 0.1) is 0 Å². The first kappa shape index (κ1) is 14.5. The molecule has 0 spiro atoms. The average molecular weight is 281 g/mol. The van der Waals surface area contributed by atoms with Gasteiger partial charge in [0.15, 0.2) is 5.78 Å². The minimum Gasteiger partial charge on any atom is -0.305 e. The molecule has 19 heavy (non-hydrogen) atoms. The highest BCUT2D eigenvalue weighted by Gasteiger charge is 2.30. The first-order chi connectivity index (χ1) is 8.99. The maximum Gasteiger partial charge on any atom is 0.179 e. The molecule has 1 heterocycles. The summed E-state index contributed by atoms with van der Waals surface area (Å²) in [4.78, 5) is 16.9. The number of hydrogen-bond acceptors (Lipinski definition) is 3. The van der Waals surface area contributed by atoms with Crippen LogP contribution in [0.1, 0.15) is 23.7 Å². The molecule has 4 heteroatoms. The molecule has 1 aliphatic rings. The predicted molar refractivity (Wildman–Crippen MR) is 78.9 cm³/mol. The number of nitrogens with zero attached hydrogens (tertiary/aromatic N) is 2. The molecule has 2 atom stereocenters. The van der Waals surface area contributed by atoms with Crippen LogP contribution < -0.4 is 0 Å². The van der Waals surface area contributed by atoms with Crippen LogP contribution in [0.4, 0.5) is 0 Å². The summed E-state index contributed by atoms with van der Waals surface area (Å²) in [5, 5.41) is 0.616. The third kappa shape index (κ3) is 3.35. The minimum atomic E-state index is -0.0802. The molecule has 0 aromatic heterocycles. The highest BCUT2D eigenvalue weighted by Crippen LogP contribution is 2.19. The van der Waals surface area contributed by atoms with Crippen molar-refractivity contribution < 1.29 is 4.79 Å². The van der Waals surface area contributed by atoms with Gasteiger partial charge in [-0.2, -0.15) is 0 Å². The largest absolute Gasteiger partial charge is 0.305 e. The van der Waals surface area contributed by atoms with Gasteiger partial charge in [0.25, 0.3) is 0 Å². The molecule has 0 bridgehead atoms. The SMILES string of the molecule is CC(C(=O)c1cccc(Cl)c1)N1CCC(N(C)C)C1. The fraction of sp³-hybridized carbons (Fsp3) is 0.533. The monoisotopic (exact) mass is 280 g/mol. The Bertz CT molecular complexity index is 461. The molecule has 2 rings (SSSR count). The van der Waals surface area contributed by atoms with E-state index < -0.39 is 0 Å². The zero-order valence-corrected chi connectivity index (χ0v) is 12.5. The first-order valence-corrected chi connectivity index (χ1v) is 7.07. The van der Waals surface area contributed by atoms with E-state index in [-0.39, 0.29) is 11.8 Å². The summed E-state index contributed by atoms with van der Waals surface area (Å²) < 4.78 is 0. The van der Waals surface area contributed by atoms with E-state index in [0.29, 0.717) is 16.6 Å². The van der Waals surface area contributed by atoms with Crippen LogP contribution >= 0.6 is 11.6 Å². The number of Topliss-reactive ketones (excluding diaryl/α,β-unsaturated/α-hetero) is 1. The molecule has 1 saturated heterocycles. The van der Waals surface area contributed by atoms with Crippen LogP contribution in [0.2, 0.25) is 5.02 Å². The van der Waals surface area contributed by atoms with Crippen molar-refractivity contribution in [1.29, 1.82) is 0 Å². The fourth-order valence-electron chi connectivity index (χ4n) is 2.59. The number of carbonyl (C=O) groups is 1. The molecule has 104 valence electrons. The Hall–Kier alpha value is -0.900. The average Bonchev–Trinajstić information content (AvgIpc) is 2.86. The molecule has 0 saturated carbocycles. The van der Waals surface area contributed by atoms with Gasteiger partial charge < -0.3 is 4.90 Å². The Balaban J connectivity index is 2.04. The lowest BCUT2D eigenvalue weighted by Gasteiger charge is -2.25. The van der Waals surface area contributed by atoms with Crippen LogP contribution in [0.3, 0.4) is 0 Å². The van der Waals surface area contributed by atoms with Crippen molar-refractivity contribution in [3.05, 3.63) is 34.9 Å². The van der Waals surface area contributed by atoms with Crippen molar-refractivity contribution in [2.45, 2.75) is 25.4 Å². The zero-order valence-electron chi connectivity index (χ0n) is 11.8.